The molecule has 48 heavy (non-hydrogen) atoms. The van der Waals surface area contributed by atoms with Crippen molar-refractivity contribution in [3.63, 3.8) is 0 Å². The van der Waals surface area contributed by atoms with E-state index in [1.165, 1.54) is 60.2 Å². The number of hydrogen-bond donors (Lipinski definition) is 2. The zero-order valence-corrected chi connectivity index (χ0v) is 27.9. The fourth-order valence-electron chi connectivity index (χ4n) is 5.71. The number of nitrogens with one attached hydrogen (secondary N) is 1. The van der Waals surface area contributed by atoms with Gasteiger partial charge in [-0.15, -0.1) is 0 Å². The van der Waals surface area contributed by atoms with Gasteiger partial charge in [0, 0.05) is 16.5 Å². The molecule has 2 aliphatic rings. The Morgan fingerprint density at radius 2 is 1.60 bits per heavy atom. The smallest absolute Gasteiger partial charge is 0.338 e. The van der Waals surface area contributed by atoms with E-state index < -0.39 is 62.2 Å². The number of thiazole rings is 1. The quantitative estimate of drug-likeness (QED) is 0.193. The van der Waals surface area contributed by atoms with Gasteiger partial charge in [-0.25, -0.2) is 23.3 Å². The van der Waals surface area contributed by atoms with Gasteiger partial charge in [-0.2, -0.15) is 0 Å². The summed E-state index contributed by atoms with van der Waals surface area (Å²) in [5, 5.41) is 7.27. The molecule has 1 saturated heterocycles. The molecule has 4 aromatic rings. The number of nitrogens with two attached hydrogens (primary N) is 1. The van der Waals surface area contributed by atoms with Crippen molar-refractivity contribution in [2.75, 3.05) is 23.9 Å². The molecule has 248 valence electrons. The number of imide groups is 1. The molecule has 3 atom stereocenters. The highest BCUT2D eigenvalue weighted by Crippen LogP contribution is 2.54. The number of primary sulfonamides is 1. The lowest BCUT2D eigenvalue weighted by molar-refractivity contribution is -0.122. The molecule has 3 N–H and O–H groups in total. The Balaban J connectivity index is 1.35. The number of carbonyl (C=O) groups is 4. The SMILES string of the molecule is CCOC(=O)c1ccc(N2C(=O)C3Sc4c(sc(=O)n4CC(=O)Nc4ccc(S(N)(=O)=O)cc4)[C@H](c4ccc(OC)cc4)C3C2=O)cc1. The number of hydrogen-bond acceptors (Lipinski definition) is 11. The summed E-state index contributed by atoms with van der Waals surface area (Å²) in [6.07, 6.45) is 0. The first-order valence-corrected chi connectivity index (χ1v) is 17.8. The molecule has 2 unspecified atom stereocenters. The lowest BCUT2D eigenvalue weighted by atomic mass is 9.83. The van der Waals surface area contributed by atoms with Crippen molar-refractivity contribution in [2.24, 2.45) is 11.1 Å². The zero-order chi connectivity index (χ0) is 34.3. The molecular formula is C32H28N4O9S3. The van der Waals surface area contributed by atoms with E-state index in [2.05, 4.69) is 5.32 Å². The molecule has 0 aliphatic carbocycles. The number of fused-ring (bicyclic) bond motifs is 2. The molecule has 3 aromatic carbocycles. The summed E-state index contributed by atoms with van der Waals surface area (Å²) in [5.74, 6) is -3.03. The van der Waals surface area contributed by atoms with Crippen molar-refractivity contribution < 1.29 is 37.1 Å². The molecule has 2 aliphatic heterocycles. The maximum Gasteiger partial charge on any atom is 0.338 e. The third-order valence-corrected chi connectivity index (χ3v) is 11.5. The van der Waals surface area contributed by atoms with E-state index in [4.69, 9.17) is 14.6 Å². The van der Waals surface area contributed by atoms with Gasteiger partial charge in [-0.05, 0) is 73.2 Å². The first kappa shape index (κ1) is 33.1. The predicted molar refractivity (Wildman–Crippen MR) is 178 cm³/mol. The third-order valence-electron chi connectivity index (χ3n) is 7.93. The minimum atomic E-state index is -3.92. The number of amides is 3. The van der Waals surface area contributed by atoms with Gasteiger partial charge < -0.3 is 14.8 Å². The summed E-state index contributed by atoms with van der Waals surface area (Å²) in [4.78, 5) is 67.9. The molecule has 13 nitrogen and oxygen atoms in total. The highest BCUT2D eigenvalue weighted by atomic mass is 32.2. The number of benzene rings is 3. The Morgan fingerprint density at radius 3 is 2.21 bits per heavy atom. The lowest BCUT2D eigenvalue weighted by Gasteiger charge is -2.30. The number of sulfonamides is 1. The number of methoxy groups -OCH3 is 1. The first-order chi connectivity index (χ1) is 22.9. The van der Waals surface area contributed by atoms with Crippen molar-refractivity contribution in [1.29, 1.82) is 0 Å². The van der Waals surface area contributed by atoms with Gasteiger partial charge in [0.1, 0.15) is 17.5 Å². The Bertz CT molecular complexity index is 2090. The van der Waals surface area contributed by atoms with E-state index in [9.17, 15) is 32.4 Å². The van der Waals surface area contributed by atoms with Gasteiger partial charge in [-0.3, -0.25) is 23.7 Å². The second kappa shape index (κ2) is 13.0. The molecule has 0 radical (unpaired) electrons. The maximum absolute atomic E-state index is 14.1. The van der Waals surface area contributed by atoms with Crippen LogP contribution in [0.2, 0.25) is 0 Å². The summed E-state index contributed by atoms with van der Waals surface area (Å²) >= 11 is 1.96. The van der Waals surface area contributed by atoms with Crippen LogP contribution in [-0.2, 0) is 35.7 Å². The van der Waals surface area contributed by atoms with E-state index in [0.717, 1.165) is 28.0 Å². The average molecular weight is 709 g/mol. The highest BCUT2D eigenvalue weighted by Gasteiger charge is 2.56. The first-order valence-electron chi connectivity index (χ1n) is 14.5. The normalized spacial score (nSPS) is 18.6. The summed E-state index contributed by atoms with van der Waals surface area (Å²) in [6.45, 7) is 1.49. The van der Waals surface area contributed by atoms with Gasteiger partial charge >= 0.3 is 10.8 Å². The van der Waals surface area contributed by atoms with E-state index in [1.54, 1.807) is 31.2 Å². The van der Waals surface area contributed by atoms with Gasteiger partial charge in [0.15, 0.2) is 0 Å². The fraction of sp³-hybridized carbons (Fsp3) is 0.219. The van der Waals surface area contributed by atoms with Crippen LogP contribution in [0.4, 0.5) is 11.4 Å². The van der Waals surface area contributed by atoms with Crippen LogP contribution < -0.4 is 25.0 Å². The van der Waals surface area contributed by atoms with Crippen LogP contribution in [0.15, 0.2) is 87.5 Å². The lowest BCUT2D eigenvalue weighted by Crippen LogP contribution is -2.33. The Morgan fingerprint density at radius 1 is 0.938 bits per heavy atom. The summed E-state index contributed by atoms with van der Waals surface area (Å²) in [6, 6.07) is 18.3. The number of rotatable bonds is 9. The van der Waals surface area contributed by atoms with Gasteiger partial charge in [0.25, 0.3) is 0 Å². The highest BCUT2D eigenvalue weighted by molar-refractivity contribution is 8.00. The molecule has 6 rings (SSSR count). The molecule has 1 aromatic heterocycles. The van der Waals surface area contributed by atoms with E-state index in [0.29, 0.717) is 21.2 Å². The van der Waals surface area contributed by atoms with Gasteiger partial charge in [-0.1, -0.05) is 35.2 Å². The predicted octanol–water partition coefficient (Wildman–Crippen LogP) is 3.18. The molecule has 0 saturated carbocycles. The molecule has 16 heteroatoms. The maximum atomic E-state index is 14.1. The van der Waals surface area contributed by atoms with E-state index in [-0.39, 0.29) is 28.4 Å². The molecule has 1 fully saturated rings. The number of aromatic nitrogens is 1. The van der Waals surface area contributed by atoms with Crippen LogP contribution in [0.5, 0.6) is 5.75 Å². The van der Waals surface area contributed by atoms with E-state index >= 15 is 0 Å². The van der Waals surface area contributed by atoms with Crippen molar-refractivity contribution >= 4 is 68.2 Å². The average Bonchev–Trinajstić information content (AvgIpc) is 3.50. The van der Waals surface area contributed by atoms with Crippen LogP contribution >= 0.6 is 23.1 Å². The number of anilines is 2. The van der Waals surface area contributed by atoms with Crippen LogP contribution in [-0.4, -0.2) is 55.6 Å². The van der Waals surface area contributed by atoms with Crippen molar-refractivity contribution in [3.8, 4) is 5.75 Å². The van der Waals surface area contributed by atoms with E-state index in [1.807, 2.05) is 0 Å². The molecular weight excluding hydrogens is 681 g/mol. The summed E-state index contributed by atoms with van der Waals surface area (Å²) in [5.41, 5.74) is 1.53. The van der Waals surface area contributed by atoms with Crippen molar-refractivity contribution in [1.82, 2.24) is 4.57 Å². The molecule has 0 bridgehead atoms. The fourth-order valence-corrected chi connectivity index (χ4v) is 9.00. The van der Waals surface area contributed by atoms with Crippen LogP contribution in [0, 0.1) is 5.92 Å². The second-order valence-corrected chi connectivity index (χ2v) is 14.5. The van der Waals surface area contributed by atoms with Crippen LogP contribution in [0.3, 0.4) is 0 Å². The summed E-state index contributed by atoms with van der Waals surface area (Å²) < 4.78 is 34.8. The molecule has 0 spiro atoms. The third kappa shape index (κ3) is 6.14. The number of carbonyl (C=O) groups excluding carboxylic acids is 4. The topological polar surface area (TPSA) is 184 Å². The van der Waals surface area contributed by atoms with Crippen molar-refractivity contribution in [2.45, 2.75) is 34.6 Å². The van der Waals surface area contributed by atoms with Crippen LogP contribution in [0.25, 0.3) is 0 Å². The van der Waals surface area contributed by atoms with Gasteiger partial charge in [0.2, 0.25) is 27.7 Å². The minimum absolute atomic E-state index is 0.126. The molecule has 3 amide bonds. The van der Waals surface area contributed by atoms with Crippen LogP contribution in [0.1, 0.15) is 33.6 Å². The standard InChI is InChI=1S/C32H28N4O9S3/c1-3-45-31(40)18-4-10-20(11-5-18)36-28(38)25-24(17-6-12-21(44-2)13-7-17)27-30(46-26(25)29(36)39)35(32(41)47-27)16-23(37)34-19-8-14-22(15-9-19)48(33,42)43/h4-15,24-26H,3,16H2,1-2H3,(H,34,37)(H2,33,42,43)/t24-,25?,26?/m1/s1. The number of thioether (sulfide) groups is 1. The summed E-state index contributed by atoms with van der Waals surface area (Å²) in [7, 11) is -2.40. The monoisotopic (exact) mass is 708 g/mol. The minimum Gasteiger partial charge on any atom is -0.497 e. The largest absolute Gasteiger partial charge is 0.497 e. The molecule has 3 heterocycles. The Kier molecular flexibility index (Phi) is 9.00. The van der Waals surface area contributed by atoms with Gasteiger partial charge in [0.05, 0.1) is 40.8 Å². The number of esters is 1. The Hall–Kier alpha value is -4.77. The number of nitrogens with zero attached hydrogens (tertiary/aromatic N) is 2. The second-order valence-electron chi connectivity index (χ2n) is 10.8. The Labute approximate surface area is 282 Å². The zero-order valence-electron chi connectivity index (χ0n) is 25.4. The van der Waals surface area contributed by atoms with Crippen molar-refractivity contribution in [3.05, 3.63) is 98.5 Å². The number of ether oxygens (including phenoxy) is 2.